The van der Waals surface area contributed by atoms with Gasteiger partial charge in [0.2, 0.25) is 0 Å². The topological polar surface area (TPSA) is 44.7 Å². The molecule has 0 spiro atoms. The molecule has 1 aliphatic rings. The number of ether oxygens (including phenoxy) is 1. The number of nitrogens with one attached hydrogen (secondary N) is 1. The Morgan fingerprint density at radius 1 is 1.35 bits per heavy atom. The van der Waals surface area contributed by atoms with Crippen LogP contribution in [-0.4, -0.2) is 43.0 Å². The predicted octanol–water partition coefficient (Wildman–Crippen LogP) is 0.696. The summed E-state index contributed by atoms with van der Waals surface area (Å²) in [6.07, 6.45) is -0.834. The summed E-state index contributed by atoms with van der Waals surface area (Å²) < 4.78 is 18.6. The van der Waals surface area contributed by atoms with E-state index in [1.54, 1.807) is 18.2 Å². The minimum Gasteiger partial charge on any atom is -0.387 e. The largest absolute Gasteiger partial charge is 0.387 e. The zero-order valence-corrected chi connectivity index (χ0v) is 9.60. The van der Waals surface area contributed by atoms with Crippen LogP contribution < -0.4 is 5.43 Å². The lowest BCUT2D eigenvalue weighted by Gasteiger charge is -2.28. The first-order valence-electron chi connectivity index (χ1n) is 5.76. The summed E-state index contributed by atoms with van der Waals surface area (Å²) in [4.78, 5) is 0. The Balaban J connectivity index is 1.84. The first kappa shape index (κ1) is 12.4. The molecule has 1 fully saturated rings. The highest BCUT2D eigenvalue weighted by atomic mass is 19.1. The number of hydrogen-bond donors (Lipinski definition) is 2. The summed E-state index contributed by atoms with van der Waals surface area (Å²) in [6, 6.07) is 6.28. The van der Waals surface area contributed by atoms with E-state index in [0.29, 0.717) is 25.3 Å². The average Bonchev–Trinajstić information content (AvgIpc) is 2.38. The van der Waals surface area contributed by atoms with Crippen molar-refractivity contribution >= 4 is 0 Å². The number of rotatable bonds is 4. The second kappa shape index (κ2) is 6.07. The van der Waals surface area contributed by atoms with Crippen molar-refractivity contribution in [3.05, 3.63) is 35.6 Å². The van der Waals surface area contributed by atoms with Crippen LogP contribution in [0.2, 0.25) is 0 Å². The van der Waals surface area contributed by atoms with E-state index >= 15 is 0 Å². The molecule has 1 heterocycles. The second-order valence-corrected chi connectivity index (χ2v) is 4.00. The fourth-order valence-corrected chi connectivity index (χ4v) is 1.79. The molecule has 0 saturated carbocycles. The summed E-state index contributed by atoms with van der Waals surface area (Å²) in [5.41, 5.74) is 3.41. The SMILES string of the molecule is OC(CNN1CCOCC1)c1ccccc1F. The van der Waals surface area contributed by atoms with E-state index in [4.69, 9.17) is 4.74 Å². The number of aliphatic hydroxyl groups is 1. The highest BCUT2D eigenvalue weighted by Crippen LogP contribution is 2.15. The Bertz CT molecular complexity index is 356. The van der Waals surface area contributed by atoms with Crippen LogP contribution in [0.1, 0.15) is 11.7 Å². The normalized spacial score (nSPS) is 19.2. The van der Waals surface area contributed by atoms with E-state index in [9.17, 15) is 9.50 Å². The quantitative estimate of drug-likeness (QED) is 0.813. The van der Waals surface area contributed by atoms with Crippen LogP contribution in [0.25, 0.3) is 0 Å². The van der Waals surface area contributed by atoms with Crippen LogP contribution in [0.3, 0.4) is 0 Å². The number of hydrogen-bond acceptors (Lipinski definition) is 4. The molecule has 17 heavy (non-hydrogen) atoms. The van der Waals surface area contributed by atoms with Gasteiger partial charge in [0, 0.05) is 25.2 Å². The van der Waals surface area contributed by atoms with E-state index < -0.39 is 6.10 Å². The highest BCUT2D eigenvalue weighted by molar-refractivity contribution is 5.19. The van der Waals surface area contributed by atoms with Gasteiger partial charge in [-0.1, -0.05) is 18.2 Å². The maximum atomic E-state index is 13.4. The third-order valence-corrected chi connectivity index (χ3v) is 2.78. The maximum absolute atomic E-state index is 13.4. The number of morpholine rings is 1. The Morgan fingerprint density at radius 3 is 2.76 bits per heavy atom. The molecule has 1 aromatic carbocycles. The van der Waals surface area contributed by atoms with Gasteiger partial charge in [-0.05, 0) is 6.07 Å². The van der Waals surface area contributed by atoms with Crippen LogP contribution in [-0.2, 0) is 4.74 Å². The van der Waals surface area contributed by atoms with Gasteiger partial charge in [0.25, 0.3) is 0 Å². The molecule has 0 bridgehead atoms. The van der Waals surface area contributed by atoms with Crippen molar-refractivity contribution in [1.29, 1.82) is 0 Å². The summed E-state index contributed by atoms with van der Waals surface area (Å²) in [5, 5.41) is 11.9. The number of benzene rings is 1. The molecule has 4 nitrogen and oxygen atoms in total. The van der Waals surface area contributed by atoms with E-state index in [1.807, 2.05) is 5.01 Å². The van der Waals surface area contributed by atoms with Gasteiger partial charge in [0.1, 0.15) is 5.82 Å². The molecule has 1 aromatic rings. The number of aliphatic hydroxyl groups excluding tert-OH is 1. The summed E-state index contributed by atoms with van der Waals surface area (Å²) in [7, 11) is 0. The van der Waals surface area contributed by atoms with Crippen LogP contribution in [0.5, 0.6) is 0 Å². The molecule has 94 valence electrons. The fourth-order valence-electron chi connectivity index (χ4n) is 1.79. The first-order chi connectivity index (χ1) is 8.27. The molecular formula is C12H17FN2O2. The van der Waals surface area contributed by atoms with Gasteiger partial charge in [0.15, 0.2) is 0 Å². The van der Waals surface area contributed by atoms with Crippen LogP contribution >= 0.6 is 0 Å². The molecule has 1 atom stereocenters. The van der Waals surface area contributed by atoms with E-state index in [1.165, 1.54) is 6.07 Å². The number of nitrogens with zero attached hydrogens (tertiary/aromatic N) is 1. The predicted molar refractivity (Wildman–Crippen MR) is 61.8 cm³/mol. The van der Waals surface area contributed by atoms with E-state index in [0.717, 1.165) is 13.1 Å². The molecular weight excluding hydrogens is 223 g/mol. The Labute approximate surface area is 100.0 Å². The van der Waals surface area contributed by atoms with Crippen molar-refractivity contribution in [3.63, 3.8) is 0 Å². The average molecular weight is 240 g/mol. The maximum Gasteiger partial charge on any atom is 0.129 e. The van der Waals surface area contributed by atoms with Crippen molar-refractivity contribution in [2.45, 2.75) is 6.10 Å². The van der Waals surface area contributed by atoms with Crippen molar-refractivity contribution in [2.75, 3.05) is 32.8 Å². The van der Waals surface area contributed by atoms with Gasteiger partial charge in [0.05, 0.1) is 19.3 Å². The van der Waals surface area contributed by atoms with Gasteiger partial charge in [-0.2, -0.15) is 0 Å². The van der Waals surface area contributed by atoms with Crippen molar-refractivity contribution in [2.24, 2.45) is 0 Å². The van der Waals surface area contributed by atoms with Gasteiger partial charge in [-0.3, -0.25) is 5.43 Å². The molecule has 0 aromatic heterocycles. The van der Waals surface area contributed by atoms with E-state index in [2.05, 4.69) is 5.43 Å². The van der Waals surface area contributed by atoms with Gasteiger partial charge in [-0.25, -0.2) is 9.40 Å². The summed E-state index contributed by atoms with van der Waals surface area (Å²) >= 11 is 0. The molecule has 1 unspecified atom stereocenters. The lowest BCUT2D eigenvalue weighted by molar-refractivity contribution is 0.00287. The molecule has 0 amide bonds. The molecule has 0 radical (unpaired) electrons. The van der Waals surface area contributed by atoms with Gasteiger partial charge >= 0.3 is 0 Å². The van der Waals surface area contributed by atoms with Crippen molar-refractivity contribution in [3.8, 4) is 0 Å². The van der Waals surface area contributed by atoms with E-state index in [-0.39, 0.29) is 5.82 Å². The zero-order chi connectivity index (χ0) is 12.1. The number of hydrazine groups is 1. The minimum atomic E-state index is -0.834. The summed E-state index contributed by atoms with van der Waals surface area (Å²) in [6.45, 7) is 3.24. The molecule has 2 rings (SSSR count). The van der Waals surface area contributed by atoms with Crippen LogP contribution in [0.15, 0.2) is 24.3 Å². The Hall–Kier alpha value is -1.01. The lowest BCUT2D eigenvalue weighted by atomic mass is 10.1. The monoisotopic (exact) mass is 240 g/mol. The first-order valence-corrected chi connectivity index (χ1v) is 5.76. The number of halogens is 1. The second-order valence-electron chi connectivity index (χ2n) is 4.00. The fraction of sp³-hybridized carbons (Fsp3) is 0.500. The van der Waals surface area contributed by atoms with Gasteiger partial charge < -0.3 is 9.84 Å². The zero-order valence-electron chi connectivity index (χ0n) is 9.60. The van der Waals surface area contributed by atoms with Gasteiger partial charge in [-0.15, -0.1) is 0 Å². The third kappa shape index (κ3) is 3.47. The van der Waals surface area contributed by atoms with Crippen LogP contribution in [0.4, 0.5) is 4.39 Å². The molecule has 1 aliphatic heterocycles. The highest BCUT2D eigenvalue weighted by Gasteiger charge is 2.15. The third-order valence-electron chi connectivity index (χ3n) is 2.78. The smallest absolute Gasteiger partial charge is 0.129 e. The standard InChI is InChI=1S/C12H17FN2O2/c13-11-4-2-1-3-10(11)12(16)9-14-15-5-7-17-8-6-15/h1-4,12,14,16H,5-9H2. The molecule has 1 saturated heterocycles. The summed E-state index contributed by atoms with van der Waals surface area (Å²) in [5.74, 6) is -0.372. The Morgan fingerprint density at radius 2 is 2.06 bits per heavy atom. The van der Waals surface area contributed by atoms with Crippen molar-refractivity contribution in [1.82, 2.24) is 10.4 Å². The Kier molecular flexibility index (Phi) is 4.44. The molecule has 2 N–H and O–H groups in total. The molecule has 5 heteroatoms. The van der Waals surface area contributed by atoms with Crippen LogP contribution in [0, 0.1) is 5.82 Å². The minimum absolute atomic E-state index is 0.306. The lowest BCUT2D eigenvalue weighted by Crippen LogP contribution is -2.47. The van der Waals surface area contributed by atoms with Crippen molar-refractivity contribution < 1.29 is 14.2 Å². The molecule has 0 aliphatic carbocycles.